The molecule has 0 aliphatic rings. The maximum Gasteiger partial charge on any atom is 0.329 e. The number of unbranched alkanes of at least 4 members (excludes halogenated alkanes) is 1. The number of hydrogen-bond acceptors (Lipinski definition) is 3. The molecule has 104 valence electrons. The van der Waals surface area contributed by atoms with Gasteiger partial charge in [0, 0.05) is 13.0 Å². The van der Waals surface area contributed by atoms with E-state index < -0.39 is 11.2 Å². The van der Waals surface area contributed by atoms with E-state index in [0.717, 1.165) is 31.5 Å². The summed E-state index contributed by atoms with van der Waals surface area (Å²) >= 11 is 0. The summed E-state index contributed by atoms with van der Waals surface area (Å²) in [4.78, 5) is 33.1. The molecule has 19 heavy (non-hydrogen) atoms. The minimum atomic E-state index is -0.433. The van der Waals surface area contributed by atoms with Gasteiger partial charge in [0.25, 0.3) is 5.56 Å². The molecule has 0 fully saturated rings. The fraction of sp³-hybridized carbons (Fsp3) is 0.615. The highest BCUT2D eigenvalue weighted by atomic mass is 16.2. The SMILES string of the molecule is CCCCC(CC)c1nc2c([nH]1)c(=O)[nH]c(=O)n2C. The molecule has 2 aromatic heterocycles. The van der Waals surface area contributed by atoms with Crippen molar-refractivity contribution in [3.63, 3.8) is 0 Å². The molecule has 0 aliphatic carbocycles. The summed E-state index contributed by atoms with van der Waals surface area (Å²) in [5.74, 6) is 1.11. The van der Waals surface area contributed by atoms with Crippen LogP contribution in [0.4, 0.5) is 0 Å². The van der Waals surface area contributed by atoms with E-state index in [1.165, 1.54) is 4.57 Å². The normalized spacial score (nSPS) is 13.0. The van der Waals surface area contributed by atoms with Crippen LogP contribution in [0.2, 0.25) is 0 Å². The maximum absolute atomic E-state index is 11.7. The van der Waals surface area contributed by atoms with Gasteiger partial charge in [-0.2, -0.15) is 0 Å². The van der Waals surface area contributed by atoms with Crippen molar-refractivity contribution in [2.75, 3.05) is 0 Å². The smallest absolute Gasteiger partial charge is 0.329 e. The zero-order valence-electron chi connectivity index (χ0n) is 11.6. The Balaban J connectivity index is 2.52. The van der Waals surface area contributed by atoms with Gasteiger partial charge in [-0.15, -0.1) is 0 Å². The van der Waals surface area contributed by atoms with E-state index in [1.807, 2.05) is 0 Å². The van der Waals surface area contributed by atoms with E-state index in [1.54, 1.807) is 7.05 Å². The molecule has 0 spiro atoms. The Kier molecular flexibility index (Phi) is 3.87. The van der Waals surface area contributed by atoms with Crippen molar-refractivity contribution in [2.24, 2.45) is 7.05 Å². The highest BCUT2D eigenvalue weighted by Gasteiger charge is 2.16. The van der Waals surface area contributed by atoms with Crippen molar-refractivity contribution in [3.8, 4) is 0 Å². The number of H-pyrrole nitrogens is 2. The van der Waals surface area contributed by atoms with Gasteiger partial charge in [0.2, 0.25) is 0 Å². The van der Waals surface area contributed by atoms with Crippen LogP contribution in [0.15, 0.2) is 9.59 Å². The van der Waals surface area contributed by atoms with Gasteiger partial charge in [0.05, 0.1) is 0 Å². The number of rotatable bonds is 5. The van der Waals surface area contributed by atoms with Gasteiger partial charge in [0.1, 0.15) is 11.3 Å². The molecule has 0 amide bonds. The first-order valence-corrected chi connectivity index (χ1v) is 6.77. The molecule has 2 aromatic rings. The lowest BCUT2D eigenvalue weighted by Gasteiger charge is -2.10. The third-order valence-electron chi connectivity index (χ3n) is 3.56. The van der Waals surface area contributed by atoms with Crippen molar-refractivity contribution >= 4 is 11.2 Å². The minimum absolute atomic E-state index is 0.307. The minimum Gasteiger partial charge on any atom is -0.336 e. The van der Waals surface area contributed by atoms with Crippen molar-refractivity contribution < 1.29 is 0 Å². The molecule has 0 bridgehead atoms. The molecule has 0 radical (unpaired) electrons. The highest BCUT2D eigenvalue weighted by molar-refractivity contribution is 5.69. The van der Waals surface area contributed by atoms with E-state index in [9.17, 15) is 9.59 Å². The fourth-order valence-corrected chi connectivity index (χ4v) is 2.30. The lowest BCUT2D eigenvalue weighted by molar-refractivity contribution is 0.548. The number of nitrogens with zero attached hydrogens (tertiary/aromatic N) is 2. The first-order valence-electron chi connectivity index (χ1n) is 6.77. The number of aryl methyl sites for hydroxylation is 1. The number of fused-ring (bicyclic) bond motifs is 1. The topological polar surface area (TPSA) is 83.5 Å². The van der Waals surface area contributed by atoms with Crippen LogP contribution in [0, 0.1) is 0 Å². The van der Waals surface area contributed by atoms with Crippen LogP contribution in [0.3, 0.4) is 0 Å². The van der Waals surface area contributed by atoms with E-state index in [0.29, 0.717) is 17.1 Å². The van der Waals surface area contributed by atoms with Crippen molar-refractivity contribution in [1.29, 1.82) is 0 Å². The van der Waals surface area contributed by atoms with Gasteiger partial charge in [-0.25, -0.2) is 9.78 Å². The summed E-state index contributed by atoms with van der Waals surface area (Å²) in [6.07, 6.45) is 4.27. The van der Waals surface area contributed by atoms with Crippen molar-refractivity contribution in [1.82, 2.24) is 19.5 Å². The van der Waals surface area contributed by atoms with E-state index in [-0.39, 0.29) is 0 Å². The van der Waals surface area contributed by atoms with Crippen LogP contribution >= 0.6 is 0 Å². The lowest BCUT2D eigenvalue weighted by Crippen LogP contribution is -2.28. The number of aromatic amines is 2. The molecule has 1 atom stereocenters. The summed E-state index contributed by atoms with van der Waals surface area (Å²) in [6, 6.07) is 0. The summed E-state index contributed by atoms with van der Waals surface area (Å²) in [6.45, 7) is 4.26. The second-order valence-corrected chi connectivity index (χ2v) is 4.89. The largest absolute Gasteiger partial charge is 0.336 e. The number of hydrogen-bond donors (Lipinski definition) is 2. The fourth-order valence-electron chi connectivity index (χ4n) is 2.30. The molecule has 6 nitrogen and oxygen atoms in total. The molecule has 2 heterocycles. The molecule has 0 aliphatic heterocycles. The second-order valence-electron chi connectivity index (χ2n) is 4.89. The number of aromatic nitrogens is 4. The molecular formula is C13H20N4O2. The zero-order valence-corrected chi connectivity index (χ0v) is 11.6. The number of nitrogens with one attached hydrogen (secondary N) is 2. The molecule has 6 heteroatoms. The molecular weight excluding hydrogens is 244 g/mol. The van der Waals surface area contributed by atoms with Crippen molar-refractivity contribution in [2.45, 2.75) is 45.4 Å². The van der Waals surface area contributed by atoms with Gasteiger partial charge < -0.3 is 4.98 Å². The second kappa shape index (κ2) is 5.42. The lowest BCUT2D eigenvalue weighted by atomic mass is 9.99. The predicted octanol–water partition coefficient (Wildman–Crippen LogP) is 1.63. The van der Waals surface area contributed by atoms with Crippen LogP contribution < -0.4 is 11.2 Å². The van der Waals surface area contributed by atoms with E-state index >= 15 is 0 Å². The molecule has 0 aromatic carbocycles. The third kappa shape index (κ3) is 2.47. The van der Waals surface area contributed by atoms with Crippen LogP contribution in [-0.4, -0.2) is 19.5 Å². The van der Waals surface area contributed by atoms with E-state index in [2.05, 4.69) is 28.8 Å². The predicted molar refractivity (Wildman–Crippen MR) is 74.5 cm³/mol. The zero-order chi connectivity index (χ0) is 14.0. The van der Waals surface area contributed by atoms with Gasteiger partial charge in [-0.3, -0.25) is 14.3 Å². The van der Waals surface area contributed by atoms with E-state index in [4.69, 9.17) is 0 Å². The summed E-state index contributed by atoms with van der Waals surface area (Å²) in [7, 11) is 1.61. The first-order chi connectivity index (χ1) is 9.08. The third-order valence-corrected chi connectivity index (χ3v) is 3.56. The molecule has 2 N–H and O–H groups in total. The first kappa shape index (κ1) is 13.6. The van der Waals surface area contributed by atoms with Crippen LogP contribution in [0.1, 0.15) is 51.3 Å². The Hall–Kier alpha value is -1.85. The standard InChI is InChI=1S/C13H20N4O2/c1-4-6-7-8(5-2)10-14-9-11(15-10)17(3)13(19)16-12(9)18/h8H,4-7H2,1-3H3,(H,14,15)(H,16,18,19). The van der Waals surface area contributed by atoms with Gasteiger partial charge in [-0.1, -0.05) is 26.7 Å². The Morgan fingerprint density at radius 2 is 2.00 bits per heavy atom. The summed E-state index contributed by atoms with van der Waals surface area (Å²) in [5.41, 5.74) is -0.0231. The van der Waals surface area contributed by atoms with Gasteiger partial charge in [-0.05, 0) is 12.8 Å². The molecule has 0 saturated carbocycles. The number of imidazole rings is 1. The molecule has 0 saturated heterocycles. The van der Waals surface area contributed by atoms with Gasteiger partial charge in [0.15, 0.2) is 5.65 Å². The summed E-state index contributed by atoms with van der Waals surface area (Å²) in [5, 5.41) is 0. The summed E-state index contributed by atoms with van der Waals surface area (Å²) < 4.78 is 1.36. The van der Waals surface area contributed by atoms with Crippen LogP contribution in [0.5, 0.6) is 0 Å². The van der Waals surface area contributed by atoms with Crippen LogP contribution in [0.25, 0.3) is 11.2 Å². The maximum atomic E-state index is 11.7. The Bertz CT molecular complexity index is 680. The Morgan fingerprint density at radius 1 is 1.26 bits per heavy atom. The Morgan fingerprint density at radius 3 is 2.63 bits per heavy atom. The molecule has 1 unspecified atom stereocenters. The average Bonchev–Trinajstić information content (AvgIpc) is 2.83. The van der Waals surface area contributed by atoms with Crippen molar-refractivity contribution in [3.05, 3.63) is 26.7 Å². The quantitative estimate of drug-likeness (QED) is 0.861. The highest BCUT2D eigenvalue weighted by Crippen LogP contribution is 2.23. The average molecular weight is 264 g/mol. The molecule has 2 rings (SSSR count). The monoisotopic (exact) mass is 264 g/mol. The Labute approximate surface area is 110 Å². The van der Waals surface area contributed by atoms with Gasteiger partial charge >= 0.3 is 5.69 Å². The van der Waals surface area contributed by atoms with Crippen LogP contribution in [-0.2, 0) is 7.05 Å².